The van der Waals surface area contributed by atoms with E-state index in [1.54, 1.807) is 0 Å². The Morgan fingerprint density at radius 2 is 0.867 bits per heavy atom. The van der Waals surface area contributed by atoms with Gasteiger partial charge in [-0.3, -0.25) is 9.59 Å². The van der Waals surface area contributed by atoms with Crippen LogP contribution in [-0.2, 0) is 28.5 Å². The summed E-state index contributed by atoms with van der Waals surface area (Å²) >= 11 is 0. The summed E-state index contributed by atoms with van der Waals surface area (Å²) in [5.74, 6) is -1.39. The highest BCUT2D eigenvalue weighted by Crippen LogP contribution is 2.30. The van der Waals surface area contributed by atoms with Gasteiger partial charge in [-0.1, -0.05) is 232 Å². The van der Waals surface area contributed by atoms with Crippen molar-refractivity contribution in [2.45, 2.75) is 338 Å². The Hall–Kier alpha value is -1.58. The molecular formula is C58H112N2O15. The lowest BCUT2D eigenvalue weighted by Gasteiger charge is -2.47. The molecule has 2 fully saturated rings. The van der Waals surface area contributed by atoms with Gasteiger partial charge >= 0.3 is 0 Å². The van der Waals surface area contributed by atoms with Crippen LogP contribution in [0.1, 0.15) is 252 Å². The first kappa shape index (κ1) is 69.5. The van der Waals surface area contributed by atoms with Gasteiger partial charge in [0.05, 0.1) is 32.0 Å². The fourth-order valence-electron chi connectivity index (χ4n) is 10.5. The maximum Gasteiger partial charge on any atom is 0.249 e. The molecule has 0 radical (unpaired) electrons. The summed E-state index contributed by atoms with van der Waals surface area (Å²) in [7, 11) is 0. The van der Waals surface area contributed by atoms with Crippen molar-refractivity contribution >= 4 is 11.8 Å². The molecule has 0 spiro atoms. The number of carbonyl (C=O) groups excluding carboxylic acids is 2. The second-order valence-corrected chi connectivity index (χ2v) is 22.2. The molecule has 2 amide bonds. The van der Waals surface area contributed by atoms with Crippen molar-refractivity contribution in [1.82, 2.24) is 10.6 Å². The molecule has 14 atom stereocenters. The molecule has 75 heavy (non-hydrogen) atoms. The summed E-state index contributed by atoms with van der Waals surface area (Å²) in [6.07, 6.45) is 22.7. The molecular weight excluding hydrogens is 965 g/mol. The highest BCUT2D eigenvalue weighted by atomic mass is 16.7. The number of hydrogen-bond donors (Lipinski definition) is 11. The van der Waals surface area contributed by atoms with E-state index in [1.165, 1.54) is 154 Å². The Balaban J connectivity index is 1.92. The molecule has 11 N–H and O–H groups in total. The van der Waals surface area contributed by atoms with E-state index in [1.807, 2.05) is 0 Å². The van der Waals surface area contributed by atoms with Gasteiger partial charge in [-0.25, -0.2) is 0 Å². The zero-order chi connectivity index (χ0) is 55.1. The number of ether oxygens (including phenoxy) is 4. The van der Waals surface area contributed by atoms with Gasteiger partial charge in [-0.05, 0) is 12.8 Å². The summed E-state index contributed by atoms with van der Waals surface area (Å²) in [6.45, 7) is 3.57. The standard InChI is InChI=1S/C58H112N2O15/c1-4-6-8-10-12-14-16-18-20-21-22-23-24-25-27-29-31-33-35-37-39-46(65)56(71)60-44(50(66)45(64)38-36-34-32-30-28-26-19-17-15-13-11-9-7-5-2)42-72-58-54(70)55(52(68)48(41-62)74-58)75-57-49(59-43(3)63)53(69)51(67)47(40-61)73-57/h44-55,57-58,61-62,64-70H,4-42H2,1-3H3,(H,59,63)(H,60,71)/t44-,45+,46+,47+,48+,49+,50-,51-,52-,53+,54+,55-,57+,58-/m0/s1. The summed E-state index contributed by atoms with van der Waals surface area (Å²) in [5, 5.41) is 103. The third kappa shape index (κ3) is 30.0. The minimum absolute atomic E-state index is 0.196. The first-order valence-corrected chi connectivity index (χ1v) is 30.4. The van der Waals surface area contributed by atoms with Crippen LogP contribution in [0, 0.1) is 0 Å². The molecule has 0 aromatic heterocycles. The Morgan fingerprint density at radius 1 is 0.493 bits per heavy atom. The number of aliphatic hydroxyl groups excluding tert-OH is 9. The number of unbranched alkanes of at least 4 members (excludes halogenated alkanes) is 32. The van der Waals surface area contributed by atoms with Crippen molar-refractivity contribution < 1.29 is 74.5 Å². The molecule has 2 rings (SSSR count). The van der Waals surface area contributed by atoms with Crippen LogP contribution < -0.4 is 10.6 Å². The van der Waals surface area contributed by atoms with Crippen molar-refractivity contribution in [3.63, 3.8) is 0 Å². The largest absolute Gasteiger partial charge is 0.394 e. The lowest BCUT2D eigenvalue weighted by Crippen LogP contribution is -2.68. The minimum atomic E-state index is -1.85. The van der Waals surface area contributed by atoms with E-state index in [0.717, 1.165) is 58.3 Å². The number of rotatable bonds is 48. The predicted octanol–water partition coefficient (Wildman–Crippen LogP) is 7.42. The van der Waals surface area contributed by atoms with Gasteiger partial charge in [-0.15, -0.1) is 0 Å². The second kappa shape index (κ2) is 44.2. The Morgan fingerprint density at radius 3 is 1.27 bits per heavy atom. The maximum absolute atomic E-state index is 13.5. The van der Waals surface area contributed by atoms with Gasteiger partial charge in [-0.2, -0.15) is 0 Å². The van der Waals surface area contributed by atoms with Gasteiger partial charge in [0.2, 0.25) is 11.8 Å². The molecule has 0 saturated carbocycles. The zero-order valence-corrected chi connectivity index (χ0v) is 47.1. The van der Waals surface area contributed by atoms with Gasteiger partial charge in [0.25, 0.3) is 0 Å². The summed E-state index contributed by atoms with van der Waals surface area (Å²) in [4.78, 5) is 25.5. The SMILES string of the molecule is CCCCCCCCCCCCCCCCCCCCCC[C@@H](O)C(=O)N[C@@H](CO[C@H]1O[C@H](CO)[C@H](O)[C@H](O[C@H]2O[C@H](CO)[C@H](O)[C@H](O)[C@H]2NC(C)=O)[C@H]1O)[C@H](O)[C@H](O)CCCCCCCCCCCCCCCC. The average molecular weight is 1080 g/mol. The number of aliphatic hydroxyl groups is 9. The van der Waals surface area contributed by atoms with E-state index in [-0.39, 0.29) is 12.8 Å². The van der Waals surface area contributed by atoms with Crippen LogP contribution in [0.5, 0.6) is 0 Å². The molecule has 444 valence electrons. The van der Waals surface area contributed by atoms with Gasteiger partial charge in [0.15, 0.2) is 12.6 Å². The van der Waals surface area contributed by atoms with E-state index in [0.29, 0.717) is 12.8 Å². The third-order valence-electron chi connectivity index (χ3n) is 15.4. The molecule has 0 aromatic rings. The van der Waals surface area contributed by atoms with Crippen molar-refractivity contribution in [3.05, 3.63) is 0 Å². The van der Waals surface area contributed by atoms with Crippen molar-refractivity contribution in [2.24, 2.45) is 0 Å². The van der Waals surface area contributed by atoms with Gasteiger partial charge in [0.1, 0.15) is 61.0 Å². The Kier molecular flexibility index (Phi) is 41.0. The molecule has 17 heteroatoms. The highest BCUT2D eigenvalue weighted by molar-refractivity contribution is 5.80. The van der Waals surface area contributed by atoms with Crippen molar-refractivity contribution in [2.75, 3.05) is 19.8 Å². The summed E-state index contributed by atoms with van der Waals surface area (Å²) in [5.41, 5.74) is 0. The molecule has 0 aromatic carbocycles. The highest BCUT2D eigenvalue weighted by Gasteiger charge is 2.51. The molecule has 0 bridgehead atoms. The number of carbonyl (C=O) groups is 2. The molecule has 2 heterocycles. The van der Waals surface area contributed by atoms with Crippen LogP contribution in [0.4, 0.5) is 0 Å². The normalized spacial score (nSPS) is 25.7. The molecule has 0 unspecified atom stereocenters. The fourth-order valence-corrected chi connectivity index (χ4v) is 10.5. The van der Waals surface area contributed by atoms with E-state index in [9.17, 15) is 55.5 Å². The minimum Gasteiger partial charge on any atom is -0.394 e. The van der Waals surface area contributed by atoms with E-state index >= 15 is 0 Å². The van der Waals surface area contributed by atoms with E-state index in [4.69, 9.17) is 18.9 Å². The third-order valence-corrected chi connectivity index (χ3v) is 15.4. The predicted molar refractivity (Wildman–Crippen MR) is 291 cm³/mol. The quantitative estimate of drug-likeness (QED) is 0.0265. The van der Waals surface area contributed by atoms with Crippen LogP contribution in [-0.4, -0.2) is 163 Å². The first-order chi connectivity index (χ1) is 36.3. The molecule has 17 nitrogen and oxygen atoms in total. The smallest absolute Gasteiger partial charge is 0.249 e. The monoisotopic (exact) mass is 1080 g/mol. The van der Waals surface area contributed by atoms with E-state index < -0.39 is 117 Å². The number of nitrogens with one attached hydrogen (secondary N) is 2. The average Bonchev–Trinajstić information content (AvgIpc) is 3.39. The van der Waals surface area contributed by atoms with Crippen LogP contribution >= 0.6 is 0 Å². The van der Waals surface area contributed by atoms with Crippen LogP contribution in [0.3, 0.4) is 0 Å². The topological polar surface area (TPSA) is 277 Å². The summed E-state index contributed by atoms with van der Waals surface area (Å²) in [6, 6.07) is -2.72. The lowest BCUT2D eigenvalue weighted by molar-refractivity contribution is -0.348. The van der Waals surface area contributed by atoms with Crippen LogP contribution in [0.25, 0.3) is 0 Å². The first-order valence-electron chi connectivity index (χ1n) is 30.4. The van der Waals surface area contributed by atoms with Crippen molar-refractivity contribution in [3.8, 4) is 0 Å². The Labute approximate surface area is 453 Å². The maximum atomic E-state index is 13.5. The van der Waals surface area contributed by atoms with E-state index in [2.05, 4.69) is 24.5 Å². The second-order valence-electron chi connectivity index (χ2n) is 22.2. The van der Waals surface area contributed by atoms with Gasteiger partial charge in [0, 0.05) is 6.92 Å². The zero-order valence-electron chi connectivity index (χ0n) is 47.1. The number of amides is 2. The lowest BCUT2D eigenvalue weighted by atomic mass is 9.95. The van der Waals surface area contributed by atoms with Crippen LogP contribution in [0.15, 0.2) is 0 Å². The fraction of sp³-hybridized carbons (Fsp3) is 0.966. The summed E-state index contributed by atoms with van der Waals surface area (Å²) < 4.78 is 23.2. The molecule has 0 aliphatic carbocycles. The number of hydrogen-bond acceptors (Lipinski definition) is 15. The molecule has 2 aliphatic rings. The molecule has 2 aliphatic heterocycles. The molecule has 2 saturated heterocycles. The Bertz CT molecular complexity index is 1370. The van der Waals surface area contributed by atoms with Crippen molar-refractivity contribution in [1.29, 1.82) is 0 Å². The van der Waals surface area contributed by atoms with Gasteiger partial charge < -0.3 is 75.5 Å². The van der Waals surface area contributed by atoms with Crippen LogP contribution in [0.2, 0.25) is 0 Å².